The Hall–Kier alpha value is -2.86. The van der Waals surface area contributed by atoms with Crippen LogP contribution in [-0.2, 0) is 0 Å². The highest BCUT2D eigenvalue weighted by atomic mass is 35.5. The number of halogens is 2. The van der Waals surface area contributed by atoms with E-state index in [9.17, 15) is 0 Å². The van der Waals surface area contributed by atoms with E-state index >= 15 is 0 Å². The van der Waals surface area contributed by atoms with Crippen LogP contribution in [0, 0.1) is 20.8 Å². The summed E-state index contributed by atoms with van der Waals surface area (Å²) in [5.74, 6) is 0. The molecule has 2 aromatic heterocycles. The van der Waals surface area contributed by atoms with E-state index in [2.05, 4.69) is 70.9 Å². The summed E-state index contributed by atoms with van der Waals surface area (Å²) in [4.78, 5) is 6.86. The molecule has 3 heterocycles. The van der Waals surface area contributed by atoms with Gasteiger partial charge in [0.05, 0.1) is 33.5 Å². The molecule has 1 fully saturated rings. The summed E-state index contributed by atoms with van der Waals surface area (Å²) in [6, 6.07) is 22.1. The Bertz CT molecular complexity index is 1370. The maximum atomic E-state index is 6.62. The summed E-state index contributed by atoms with van der Waals surface area (Å²) in [6.07, 6.45) is 1.82. The predicted octanol–water partition coefficient (Wildman–Crippen LogP) is 7.28. The lowest BCUT2D eigenvalue weighted by atomic mass is 9.96. The first-order chi connectivity index (χ1) is 16.4. The molecule has 0 saturated carbocycles. The van der Waals surface area contributed by atoms with Crippen molar-refractivity contribution in [3.05, 3.63) is 111 Å². The average molecular weight is 507 g/mol. The molecule has 0 spiro atoms. The van der Waals surface area contributed by atoms with Gasteiger partial charge >= 0.3 is 0 Å². The van der Waals surface area contributed by atoms with Gasteiger partial charge in [0, 0.05) is 23.3 Å². The quantitative estimate of drug-likeness (QED) is 0.294. The van der Waals surface area contributed by atoms with Crippen molar-refractivity contribution in [3.8, 4) is 5.69 Å². The molecule has 0 amide bonds. The third-order valence-corrected chi connectivity index (χ3v) is 7.49. The fourth-order valence-electron chi connectivity index (χ4n) is 4.78. The highest BCUT2D eigenvalue weighted by Crippen LogP contribution is 2.44. The van der Waals surface area contributed by atoms with Crippen molar-refractivity contribution >= 4 is 46.2 Å². The summed E-state index contributed by atoms with van der Waals surface area (Å²) in [7, 11) is 0. The molecule has 1 saturated heterocycles. The van der Waals surface area contributed by atoms with Gasteiger partial charge in [-0.2, -0.15) is 0 Å². The zero-order valence-electron chi connectivity index (χ0n) is 19.1. The number of aryl methyl sites for hydroxylation is 2. The molecule has 1 N–H and O–H groups in total. The number of nitrogens with zero attached hydrogens (tertiary/aromatic N) is 3. The summed E-state index contributed by atoms with van der Waals surface area (Å²) in [6.45, 7) is 6.28. The molecule has 0 radical (unpaired) electrons. The van der Waals surface area contributed by atoms with Crippen LogP contribution in [0.3, 0.4) is 0 Å². The molecule has 1 aliphatic heterocycles. The van der Waals surface area contributed by atoms with E-state index in [1.54, 1.807) is 6.07 Å². The van der Waals surface area contributed by atoms with Gasteiger partial charge in [0.25, 0.3) is 0 Å². The molecule has 172 valence electrons. The first-order valence-electron chi connectivity index (χ1n) is 11.1. The Balaban J connectivity index is 1.70. The van der Waals surface area contributed by atoms with Crippen LogP contribution in [0.4, 0.5) is 5.69 Å². The van der Waals surface area contributed by atoms with Crippen molar-refractivity contribution in [2.75, 3.05) is 4.90 Å². The number of hydrogen-bond donors (Lipinski definition) is 1. The minimum Gasteiger partial charge on any atom is -0.351 e. The van der Waals surface area contributed by atoms with Gasteiger partial charge in [0.1, 0.15) is 0 Å². The molecular weight excluding hydrogens is 483 g/mol. The maximum absolute atomic E-state index is 6.62. The van der Waals surface area contributed by atoms with Crippen molar-refractivity contribution in [2.24, 2.45) is 0 Å². The Labute approximate surface area is 215 Å². The Morgan fingerprint density at radius 1 is 0.941 bits per heavy atom. The van der Waals surface area contributed by atoms with Gasteiger partial charge in [-0.3, -0.25) is 4.98 Å². The molecule has 2 atom stereocenters. The molecule has 0 bridgehead atoms. The van der Waals surface area contributed by atoms with Crippen molar-refractivity contribution in [2.45, 2.75) is 32.9 Å². The molecule has 34 heavy (non-hydrogen) atoms. The number of benzene rings is 2. The van der Waals surface area contributed by atoms with E-state index < -0.39 is 0 Å². The smallest absolute Gasteiger partial charge is 0.174 e. The molecule has 4 aromatic rings. The standard InChI is InChI=1S/C27H24Cl2N4S/c1-16-10-12-19(13-11-16)33-26(25(31-27(33)34)22-8-4-5-14-30-22)20-15-17(2)32(18(20)3)23-9-6-7-21(28)24(23)29/h4-15,25-26H,1-3H3,(H,31,34)/t25-,26+/m1/s1. The minimum atomic E-state index is -0.112. The molecule has 5 rings (SSSR count). The Morgan fingerprint density at radius 2 is 1.71 bits per heavy atom. The largest absolute Gasteiger partial charge is 0.351 e. The van der Waals surface area contributed by atoms with Gasteiger partial charge in [-0.15, -0.1) is 0 Å². The first-order valence-corrected chi connectivity index (χ1v) is 12.2. The van der Waals surface area contributed by atoms with Crippen molar-refractivity contribution in [3.63, 3.8) is 0 Å². The van der Waals surface area contributed by atoms with Crippen LogP contribution in [-0.4, -0.2) is 14.7 Å². The predicted molar refractivity (Wildman–Crippen MR) is 144 cm³/mol. The van der Waals surface area contributed by atoms with E-state index in [1.165, 1.54) is 5.56 Å². The summed E-state index contributed by atoms with van der Waals surface area (Å²) < 4.78 is 2.16. The SMILES string of the molecule is Cc1ccc(N2C(=S)N[C@H](c3ccccn3)[C@@H]2c2cc(C)n(-c3cccc(Cl)c3Cl)c2C)cc1. The average Bonchev–Trinajstić information content (AvgIpc) is 3.32. The number of hydrogen-bond acceptors (Lipinski definition) is 2. The zero-order valence-corrected chi connectivity index (χ0v) is 21.4. The molecule has 1 aliphatic rings. The van der Waals surface area contributed by atoms with E-state index in [-0.39, 0.29) is 12.1 Å². The van der Waals surface area contributed by atoms with Gasteiger partial charge in [-0.25, -0.2) is 0 Å². The topological polar surface area (TPSA) is 33.1 Å². The molecule has 0 unspecified atom stereocenters. The lowest BCUT2D eigenvalue weighted by Crippen LogP contribution is -2.29. The third-order valence-electron chi connectivity index (χ3n) is 6.37. The highest BCUT2D eigenvalue weighted by Gasteiger charge is 2.42. The van der Waals surface area contributed by atoms with Gasteiger partial charge in [0.15, 0.2) is 5.11 Å². The van der Waals surface area contributed by atoms with Crippen LogP contribution < -0.4 is 10.2 Å². The molecule has 0 aliphatic carbocycles. The van der Waals surface area contributed by atoms with Crippen LogP contribution in [0.1, 0.15) is 40.3 Å². The number of rotatable bonds is 4. The monoisotopic (exact) mass is 506 g/mol. The Kier molecular flexibility index (Phi) is 6.11. The van der Waals surface area contributed by atoms with E-state index in [0.717, 1.165) is 34.0 Å². The van der Waals surface area contributed by atoms with Gasteiger partial charge in [-0.1, -0.05) is 53.0 Å². The number of aromatic nitrogens is 2. The summed E-state index contributed by atoms with van der Waals surface area (Å²) in [5, 5.41) is 5.28. The van der Waals surface area contributed by atoms with E-state index in [4.69, 9.17) is 35.4 Å². The second-order valence-corrected chi connectivity index (χ2v) is 9.74. The fourth-order valence-corrected chi connectivity index (χ4v) is 5.50. The third kappa shape index (κ3) is 3.88. The van der Waals surface area contributed by atoms with Crippen LogP contribution >= 0.6 is 35.4 Å². The number of pyridine rings is 1. The lowest BCUT2D eigenvalue weighted by molar-refractivity contribution is 0.565. The van der Waals surface area contributed by atoms with E-state index in [0.29, 0.717) is 15.2 Å². The summed E-state index contributed by atoms with van der Waals surface area (Å²) >= 11 is 18.8. The zero-order chi connectivity index (χ0) is 24.0. The number of anilines is 1. The van der Waals surface area contributed by atoms with Crippen LogP contribution in [0.5, 0.6) is 0 Å². The molecule has 4 nitrogen and oxygen atoms in total. The van der Waals surface area contributed by atoms with Crippen molar-refractivity contribution < 1.29 is 0 Å². The van der Waals surface area contributed by atoms with E-state index in [1.807, 2.05) is 36.5 Å². The van der Waals surface area contributed by atoms with Crippen molar-refractivity contribution in [1.29, 1.82) is 0 Å². The number of nitrogens with one attached hydrogen (secondary N) is 1. The Morgan fingerprint density at radius 3 is 2.41 bits per heavy atom. The maximum Gasteiger partial charge on any atom is 0.174 e. The summed E-state index contributed by atoms with van der Waals surface area (Å²) in [5.41, 5.74) is 7.34. The van der Waals surface area contributed by atoms with Gasteiger partial charge in [-0.05, 0) is 81.0 Å². The fraction of sp³-hybridized carbons (Fsp3) is 0.185. The van der Waals surface area contributed by atoms with Gasteiger partial charge < -0.3 is 14.8 Å². The van der Waals surface area contributed by atoms with Crippen molar-refractivity contribution in [1.82, 2.24) is 14.9 Å². The van der Waals surface area contributed by atoms with Gasteiger partial charge in [0.2, 0.25) is 0 Å². The minimum absolute atomic E-state index is 0.0944. The highest BCUT2D eigenvalue weighted by molar-refractivity contribution is 7.80. The van der Waals surface area contributed by atoms with Crippen LogP contribution in [0.2, 0.25) is 10.0 Å². The first kappa shape index (κ1) is 22.9. The van der Waals surface area contributed by atoms with Crippen LogP contribution in [0.15, 0.2) is 72.9 Å². The van der Waals surface area contributed by atoms with Crippen LogP contribution in [0.25, 0.3) is 5.69 Å². The molecular formula is C27H24Cl2N4S. The second-order valence-electron chi connectivity index (χ2n) is 8.57. The molecule has 7 heteroatoms. The lowest BCUT2D eigenvalue weighted by Gasteiger charge is -2.28. The number of thiocarbonyl (C=S) groups is 1. The second kappa shape index (κ2) is 9.06. The molecule has 2 aromatic carbocycles. The normalized spacial score (nSPS) is 17.8.